The topological polar surface area (TPSA) is 66.6 Å². The van der Waals surface area contributed by atoms with Crippen LogP contribution in [0.15, 0.2) is 0 Å². The first-order valence-electron chi connectivity index (χ1n) is 2.80. The number of nitrogens with zero attached hydrogens (tertiary/aromatic N) is 1. The van der Waals surface area contributed by atoms with Crippen LogP contribution < -0.4 is 5.73 Å². The van der Waals surface area contributed by atoms with E-state index in [1.54, 1.807) is 13.8 Å². The minimum absolute atomic E-state index is 0.144. The molecule has 0 heterocycles. The number of rotatable bonds is 2. The third-order valence-electron chi connectivity index (χ3n) is 0.919. The molecule has 0 atom stereocenters. The smallest absolute Gasteiger partial charge is 0.259 e. The van der Waals surface area contributed by atoms with E-state index >= 15 is 0 Å². The monoisotopic (exact) mass is 132 g/mol. The maximum Gasteiger partial charge on any atom is 0.259 e. The van der Waals surface area contributed by atoms with Crippen LogP contribution in [0.3, 0.4) is 0 Å². The van der Waals surface area contributed by atoms with Crippen molar-refractivity contribution >= 4 is 5.91 Å². The molecule has 0 bridgehead atoms. The predicted octanol–water partition coefficient (Wildman–Crippen LogP) is -0.429. The van der Waals surface area contributed by atoms with Crippen LogP contribution in [-0.4, -0.2) is 28.8 Å². The fourth-order valence-corrected chi connectivity index (χ4v) is 0.382. The first-order chi connectivity index (χ1) is 4.09. The summed E-state index contributed by atoms with van der Waals surface area (Å²) < 4.78 is 0. The second kappa shape index (κ2) is 3.42. The van der Waals surface area contributed by atoms with Gasteiger partial charge in [-0.1, -0.05) is 0 Å². The Labute approximate surface area is 54.2 Å². The van der Waals surface area contributed by atoms with E-state index in [9.17, 15) is 4.79 Å². The predicted molar refractivity (Wildman–Crippen MR) is 32.8 cm³/mol. The maximum absolute atomic E-state index is 10.5. The number of hydrogen-bond donors (Lipinski definition) is 2. The van der Waals surface area contributed by atoms with E-state index in [0.717, 1.165) is 0 Å². The minimum atomic E-state index is -0.454. The van der Waals surface area contributed by atoms with Crippen LogP contribution in [0.25, 0.3) is 0 Å². The van der Waals surface area contributed by atoms with Crippen LogP contribution in [0.5, 0.6) is 0 Å². The average Bonchev–Trinajstić information content (AvgIpc) is 1.84. The highest BCUT2D eigenvalue weighted by atomic mass is 16.5. The lowest BCUT2D eigenvalue weighted by Gasteiger charge is -2.17. The van der Waals surface area contributed by atoms with Gasteiger partial charge in [-0.15, -0.1) is 0 Å². The Balaban J connectivity index is 3.72. The first-order valence-corrected chi connectivity index (χ1v) is 2.80. The van der Waals surface area contributed by atoms with Crippen LogP contribution in [0, 0.1) is 0 Å². The van der Waals surface area contributed by atoms with Crippen LogP contribution in [0.1, 0.15) is 13.8 Å². The molecule has 9 heavy (non-hydrogen) atoms. The van der Waals surface area contributed by atoms with Crippen molar-refractivity contribution in [3.8, 4) is 0 Å². The van der Waals surface area contributed by atoms with Gasteiger partial charge in [-0.25, -0.2) is 5.06 Å². The van der Waals surface area contributed by atoms with Crippen molar-refractivity contribution in [1.29, 1.82) is 0 Å². The summed E-state index contributed by atoms with van der Waals surface area (Å²) in [6, 6.07) is -0.193. The highest BCUT2D eigenvalue weighted by molar-refractivity contribution is 5.76. The van der Waals surface area contributed by atoms with Gasteiger partial charge in [-0.2, -0.15) is 0 Å². The second-order valence-electron chi connectivity index (χ2n) is 2.04. The maximum atomic E-state index is 10.5. The van der Waals surface area contributed by atoms with E-state index in [-0.39, 0.29) is 12.6 Å². The Morgan fingerprint density at radius 2 is 2.22 bits per heavy atom. The lowest BCUT2D eigenvalue weighted by atomic mass is 10.4. The Kier molecular flexibility index (Phi) is 3.19. The third kappa shape index (κ3) is 2.43. The molecule has 0 aromatic rings. The number of hydrogen-bond acceptors (Lipinski definition) is 3. The van der Waals surface area contributed by atoms with E-state index in [1.165, 1.54) is 0 Å². The van der Waals surface area contributed by atoms with Gasteiger partial charge in [0.15, 0.2) is 0 Å². The van der Waals surface area contributed by atoms with Gasteiger partial charge in [0.05, 0.1) is 12.6 Å². The van der Waals surface area contributed by atoms with Crippen molar-refractivity contribution in [1.82, 2.24) is 5.06 Å². The van der Waals surface area contributed by atoms with Gasteiger partial charge in [0, 0.05) is 0 Å². The quantitative estimate of drug-likeness (QED) is 0.396. The molecular weight excluding hydrogens is 120 g/mol. The number of carbonyl (C=O) groups is 1. The summed E-state index contributed by atoms with van der Waals surface area (Å²) in [6.07, 6.45) is 0. The molecule has 0 spiro atoms. The molecule has 0 unspecified atom stereocenters. The van der Waals surface area contributed by atoms with Gasteiger partial charge in [-0.05, 0) is 13.8 Å². The summed E-state index contributed by atoms with van der Waals surface area (Å²) in [5.41, 5.74) is 4.96. The molecule has 0 aliphatic rings. The van der Waals surface area contributed by atoms with Crippen molar-refractivity contribution in [2.24, 2.45) is 5.73 Å². The Morgan fingerprint density at radius 1 is 1.78 bits per heavy atom. The molecule has 0 aliphatic carbocycles. The van der Waals surface area contributed by atoms with Gasteiger partial charge in [0.2, 0.25) is 0 Å². The summed E-state index contributed by atoms with van der Waals surface area (Å²) in [5, 5.41) is 9.42. The van der Waals surface area contributed by atoms with Crippen molar-refractivity contribution in [3.05, 3.63) is 0 Å². The highest BCUT2D eigenvalue weighted by Crippen LogP contribution is 1.91. The fourth-order valence-electron chi connectivity index (χ4n) is 0.382. The zero-order chi connectivity index (χ0) is 7.44. The number of nitrogens with two attached hydrogens (primary N) is 1. The zero-order valence-corrected chi connectivity index (χ0v) is 5.66. The van der Waals surface area contributed by atoms with Crippen molar-refractivity contribution in [2.45, 2.75) is 19.9 Å². The van der Waals surface area contributed by atoms with E-state index in [1.807, 2.05) is 0 Å². The molecule has 0 saturated heterocycles. The van der Waals surface area contributed by atoms with Crippen molar-refractivity contribution in [2.75, 3.05) is 6.54 Å². The lowest BCUT2D eigenvalue weighted by Crippen LogP contribution is -2.37. The third-order valence-corrected chi connectivity index (χ3v) is 0.919. The van der Waals surface area contributed by atoms with Gasteiger partial charge in [-0.3, -0.25) is 10.0 Å². The molecule has 1 amide bonds. The van der Waals surface area contributed by atoms with Gasteiger partial charge in [0.25, 0.3) is 5.91 Å². The summed E-state index contributed by atoms with van der Waals surface area (Å²) in [4.78, 5) is 10.5. The summed E-state index contributed by atoms with van der Waals surface area (Å²) >= 11 is 0. The molecule has 0 aliphatic heterocycles. The summed E-state index contributed by atoms with van der Waals surface area (Å²) in [7, 11) is 0. The molecule has 0 aromatic carbocycles. The standard InChI is InChI=1S/C5H12N2O2/c1-4(2)7(9)5(8)3-6/h4,9H,3,6H2,1-2H3. The molecule has 4 nitrogen and oxygen atoms in total. The average molecular weight is 132 g/mol. The molecular formula is C5H12N2O2. The van der Waals surface area contributed by atoms with Crippen molar-refractivity contribution in [3.63, 3.8) is 0 Å². The summed E-state index contributed by atoms with van der Waals surface area (Å²) in [6.45, 7) is 3.26. The zero-order valence-electron chi connectivity index (χ0n) is 5.66. The van der Waals surface area contributed by atoms with Crippen LogP contribution >= 0.6 is 0 Å². The number of hydroxylamine groups is 2. The van der Waals surface area contributed by atoms with E-state index in [4.69, 9.17) is 10.9 Å². The van der Waals surface area contributed by atoms with E-state index in [2.05, 4.69) is 0 Å². The van der Waals surface area contributed by atoms with Gasteiger partial charge in [0.1, 0.15) is 0 Å². The largest absolute Gasteiger partial charge is 0.322 e. The Bertz CT molecular complexity index is 103. The SMILES string of the molecule is CC(C)N(O)C(=O)CN. The molecule has 0 saturated carbocycles. The Morgan fingerprint density at radius 3 is 2.33 bits per heavy atom. The molecule has 0 fully saturated rings. The molecule has 0 rings (SSSR count). The molecule has 54 valence electrons. The normalized spacial score (nSPS) is 9.89. The fraction of sp³-hybridized carbons (Fsp3) is 0.800. The van der Waals surface area contributed by atoms with Gasteiger partial charge < -0.3 is 5.73 Å². The number of carbonyl (C=O) groups excluding carboxylic acids is 1. The summed E-state index contributed by atoms with van der Waals surface area (Å²) in [5.74, 6) is -0.454. The molecule has 0 radical (unpaired) electrons. The lowest BCUT2D eigenvalue weighted by molar-refractivity contribution is -0.170. The molecule has 3 N–H and O–H groups in total. The van der Waals surface area contributed by atoms with Crippen LogP contribution in [0.4, 0.5) is 0 Å². The van der Waals surface area contributed by atoms with E-state index in [0.29, 0.717) is 5.06 Å². The minimum Gasteiger partial charge on any atom is -0.322 e. The Hall–Kier alpha value is -0.610. The van der Waals surface area contributed by atoms with Crippen molar-refractivity contribution < 1.29 is 10.0 Å². The molecule has 0 aromatic heterocycles. The van der Waals surface area contributed by atoms with Crippen LogP contribution in [-0.2, 0) is 4.79 Å². The first kappa shape index (κ1) is 8.39. The van der Waals surface area contributed by atoms with Crippen LogP contribution in [0.2, 0.25) is 0 Å². The van der Waals surface area contributed by atoms with E-state index < -0.39 is 5.91 Å². The number of amides is 1. The second-order valence-corrected chi connectivity index (χ2v) is 2.04. The highest BCUT2D eigenvalue weighted by Gasteiger charge is 2.10. The van der Waals surface area contributed by atoms with Gasteiger partial charge >= 0.3 is 0 Å². The molecule has 4 heteroatoms.